The van der Waals surface area contributed by atoms with Gasteiger partial charge in [0.15, 0.2) is 0 Å². The van der Waals surface area contributed by atoms with Crippen LogP contribution in [0.3, 0.4) is 0 Å². The monoisotopic (exact) mass is 292 g/mol. The van der Waals surface area contributed by atoms with E-state index in [2.05, 4.69) is 4.98 Å². The Hall–Kier alpha value is -2.41. The molecule has 1 heterocycles. The van der Waals surface area contributed by atoms with Gasteiger partial charge in [-0.25, -0.2) is 14.2 Å². The zero-order chi connectivity index (χ0) is 14.7. The van der Waals surface area contributed by atoms with Gasteiger partial charge in [-0.3, -0.25) is 4.79 Å². The van der Waals surface area contributed by atoms with Crippen molar-refractivity contribution in [3.05, 3.63) is 53.5 Å². The topological polar surface area (TPSA) is 93.3 Å². The lowest BCUT2D eigenvalue weighted by molar-refractivity contribution is 0.0691. The van der Waals surface area contributed by atoms with E-state index in [0.29, 0.717) is 9.92 Å². The van der Waals surface area contributed by atoms with Gasteiger partial charge in [-0.15, -0.1) is 0 Å². The molecule has 0 atom stereocenters. The van der Waals surface area contributed by atoms with Crippen LogP contribution in [0.15, 0.2) is 46.5 Å². The molecular formula is C13H9FN2O3S. The van der Waals surface area contributed by atoms with Crippen LogP contribution in [0.5, 0.6) is 0 Å². The van der Waals surface area contributed by atoms with E-state index in [1.165, 1.54) is 24.4 Å². The quantitative estimate of drug-likeness (QED) is 0.900. The molecule has 0 spiro atoms. The normalized spacial score (nSPS) is 10.2. The average Bonchev–Trinajstić information content (AvgIpc) is 2.41. The zero-order valence-corrected chi connectivity index (χ0v) is 10.9. The van der Waals surface area contributed by atoms with Crippen molar-refractivity contribution in [2.24, 2.45) is 5.73 Å². The van der Waals surface area contributed by atoms with E-state index in [0.717, 1.165) is 17.8 Å². The second kappa shape index (κ2) is 5.70. The number of nitrogens with two attached hydrogens (primary N) is 1. The number of nitrogens with zero attached hydrogens (tertiary/aromatic N) is 1. The van der Waals surface area contributed by atoms with Crippen molar-refractivity contribution < 1.29 is 19.1 Å². The molecule has 0 aliphatic carbocycles. The molecule has 0 aliphatic rings. The van der Waals surface area contributed by atoms with Crippen molar-refractivity contribution in [1.82, 2.24) is 4.98 Å². The van der Waals surface area contributed by atoms with Gasteiger partial charge >= 0.3 is 5.97 Å². The van der Waals surface area contributed by atoms with Crippen LogP contribution in [0.4, 0.5) is 4.39 Å². The molecule has 0 unspecified atom stereocenters. The highest BCUT2D eigenvalue weighted by atomic mass is 32.2. The number of amides is 1. The number of benzene rings is 1. The SMILES string of the molecule is NC(=O)c1cccnc1Sc1ccc(F)c(C(=O)O)c1. The molecule has 0 radical (unpaired) electrons. The summed E-state index contributed by atoms with van der Waals surface area (Å²) in [5, 5.41) is 9.20. The third kappa shape index (κ3) is 2.94. The number of carbonyl (C=O) groups excluding carboxylic acids is 1. The first kappa shape index (κ1) is 14.0. The number of carboxylic acids is 1. The van der Waals surface area contributed by atoms with E-state index in [9.17, 15) is 14.0 Å². The van der Waals surface area contributed by atoms with Gasteiger partial charge in [0.25, 0.3) is 5.91 Å². The van der Waals surface area contributed by atoms with E-state index in [1.54, 1.807) is 6.07 Å². The van der Waals surface area contributed by atoms with Crippen molar-refractivity contribution >= 4 is 23.6 Å². The van der Waals surface area contributed by atoms with Crippen molar-refractivity contribution in [3.8, 4) is 0 Å². The Kier molecular flexibility index (Phi) is 3.99. The van der Waals surface area contributed by atoms with Crippen LogP contribution in [-0.2, 0) is 0 Å². The van der Waals surface area contributed by atoms with E-state index in [4.69, 9.17) is 10.8 Å². The number of halogens is 1. The summed E-state index contributed by atoms with van der Waals surface area (Å²) in [5.41, 5.74) is 5.01. The minimum atomic E-state index is -1.36. The summed E-state index contributed by atoms with van der Waals surface area (Å²) in [5.74, 6) is -2.82. The molecule has 5 nitrogen and oxygen atoms in total. The lowest BCUT2D eigenvalue weighted by Crippen LogP contribution is -2.12. The number of hydrogen-bond acceptors (Lipinski definition) is 4. The average molecular weight is 292 g/mol. The molecule has 0 aliphatic heterocycles. The Labute approximate surface area is 117 Å². The number of primary amides is 1. The van der Waals surface area contributed by atoms with Gasteiger partial charge in [-0.1, -0.05) is 11.8 Å². The largest absolute Gasteiger partial charge is 0.478 e. The molecule has 20 heavy (non-hydrogen) atoms. The summed E-state index contributed by atoms with van der Waals surface area (Å²) in [4.78, 5) is 26.6. The van der Waals surface area contributed by atoms with E-state index in [1.807, 2.05) is 0 Å². The van der Waals surface area contributed by atoms with Gasteiger partial charge in [0.05, 0.1) is 11.1 Å². The molecular weight excluding hydrogens is 283 g/mol. The molecule has 0 fully saturated rings. The highest BCUT2D eigenvalue weighted by Crippen LogP contribution is 2.29. The van der Waals surface area contributed by atoms with Crippen LogP contribution in [-0.4, -0.2) is 22.0 Å². The molecule has 1 amide bonds. The lowest BCUT2D eigenvalue weighted by atomic mass is 10.2. The van der Waals surface area contributed by atoms with E-state index >= 15 is 0 Å². The fourth-order valence-corrected chi connectivity index (χ4v) is 2.43. The Morgan fingerprint density at radius 1 is 1.25 bits per heavy atom. The maximum Gasteiger partial charge on any atom is 0.338 e. The Morgan fingerprint density at radius 2 is 2.00 bits per heavy atom. The zero-order valence-electron chi connectivity index (χ0n) is 10.0. The summed E-state index contributed by atoms with van der Waals surface area (Å²) >= 11 is 1.04. The fraction of sp³-hybridized carbons (Fsp3) is 0. The van der Waals surface area contributed by atoms with Crippen LogP contribution in [0.25, 0.3) is 0 Å². The summed E-state index contributed by atoms with van der Waals surface area (Å²) in [6.07, 6.45) is 1.48. The van der Waals surface area contributed by atoms with E-state index < -0.39 is 23.3 Å². The van der Waals surface area contributed by atoms with Gasteiger partial charge in [-0.2, -0.15) is 0 Å². The predicted octanol–water partition coefficient (Wildman–Crippen LogP) is 2.17. The number of hydrogen-bond donors (Lipinski definition) is 2. The highest BCUT2D eigenvalue weighted by Gasteiger charge is 2.14. The summed E-state index contributed by atoms with van der Waals surface area (Å²) in [6.45, 7) is 0. The molecule has 0 bridgehead atoms. The van der Waals surface area contributed by atoms with Gasteiger partial charge < -0.3 is 10.8 Å². The first-order valence-electron chi connectivity index (χ1n) is 5.44. The number of aromatic carboxylic acids is 1. The molecule has 3 N–H and O–H groups in total. The Morgan fingerprint density at radius 3 is 2.65 bits per heavy atom. The second-order valence-corrected chi connectivity index (χ2v) is 4.83. The first-order valence-corrected chi connectivity index (χ1v) is 6.26. The fourth-order valence-electron chi connectivity index (χ4n) is 1.50. The molecule has 2 rings (SSSR count). The predicted molar refractivity (Wildman–Crippen MR) is 70.2 cm³/mol. The van der Waals surface area contributed by atoms with Crippen LogP contribution in [0.1, 0.15) is 20.7 Å². The van der Waals surface area contributed by atoms with Crippen LogP contribution in [0.2, 0.25) is 0 Å². The van der Waals surface area contributed by atoms with Gasteiger partial charge in [-0.05, 0) is 30.3 Å². The number of carboxylic acid groups (broad SMARTS) is 1. The molecule has 1 aromatic carbocycles. The third-order valence-electron chi connectivity index (χ3n) is 2.42. The molecule has 1 aromatic heterocycles. The maximum absolute atomic E-state index is 13.3. The molecule has 0 saturated heterocycles. The lowest BCUT2D eigenvalue weighted by Gasteiger charge is -2.06. The van der Waals surface area contributed by atoms with Gasteiger partial charge in [0, 0.05) is 11.1 Å². The third-order valence-corrected chi connectivity index (χ3v) is 3.43. The number of rotatable bonds is 4. The Bertz CT molecular complexity index is 691. The van der Waals surface area contributed by atoms with Crippen LogP contribution < -0.4 is 5.73 Å². The van der Waals surface area contributed by atoms with Gasteiger partial charge in [0.2, 0.25) is 0 Å². The number of aromatic nitrogens is 1. The maximum atomic E-state index is 13.3. The van der Waals surface area contributed by atoms with Gasteiger partial charge in [0.1, 0.15) is 10.8 Å². The minimum Gasteiger partial charge on any atom is -0.478 e. The van der Waals surface area contributed by atoms with Crippen LogP contribution in [0, 0.1) is 5.82 Å². The second-order valence-electron chi connectivity index (χ2n) is 3.77. The number of pyridine rings is 1. The highest BCUT2D eigenvalue weighted by molar-refractivity contribution is 7.99. The van der Waals surface area contributed by atoms with Crippen molar-refractivity contribution in [2.75, 3.05) is 0 Å². The summed E-state index contributed by atoms with van der Waals surface area (Å²) in [7, 11) is 0. The molecule has 7 heteroatoms. The standard InChI is InChI=1S/C13H9FN2O3S/c14-10-4-3-7(6-9(10)13(18)19)20-12-8(11(15)17)2-1-5-16-12/h1-6H,(H2,15,17)(H,18,19). The van der Waals surface area contributed by atoms with Crippen molar-refractivity contribution in [1.29, 1.82) is 0 Å². The smallest absolute Gasteiger partial charge is 0.338 e. The van der Waals surface area contributed by atoms with Crippen molar-refractivity contribution in [2.45, 2.75) is 9.92 Å². The summed E-state index contributed by atoms with van der Waals surface area (Å²) < 4.78 is 13.3. The molecule has 2 aromatic rings. The first-order chi connectivity index (χ1) is 9.49. The summed E-state index contributed by atoms with van der Waals surface area (Å²) in [6, 6.07) is 6.73. The van der Waals surface area contributed by atoms with Crippen LogP contribution >= 0.6 is 11.8 Å². The minimum absolute atomic E-state index is 0.221. The molecule has 0 saturated carbocycles. The van der Waals surface area contributed by atoms with Crippen molar-refractivity contribution in [3.63, 3.8) is 0 Å². The van der Waals surface area contributed by atoms with E-state index in [-0.39, 0.29) is 5.56 Å². The molecule has 102 valence electrons. The number of carbonyl (C=O) groups is 2. The Balaban J connectivity index is 2.38.